The number of aryl methyl sites for hydroxylation is 1. The summed E-state index contributed by atoms with van der Waals surface area (Å²) >= 11 is 0. The van der Waals surface area contributed by atoms with E-state index in [1.807, 2.05) is 32.0 Å². The summed E-state index contributed by atoms with van der Waals surface area (Å²) < 4.78 is 5.54. The predicted octanol–water partition coefficient (Wildman–Crippen LogP) is 4.05. The van der Waals surface area contributed by atoms with Gasteiger partial charge in [0.25, 0.3) is 0 Å². The lowest BCUT2D eigenvalue weighted by atomic mass is 9.90. The topological polar surface area (TPSA) is 46.5 Å². The van der Waals surface area contributed by atoms with Gasteiger partial charge in [-0.05, 0) is 61.4 Å². The summed E-state index contributed by atoms with van der Waals surface area (Å²) in [5.74, 6) is 0.388. The Labute approximate surface area is 120 Å². The summed E-state index contributed by atoms with van der Waals surface area (Å²) in [6.07, 6.45) is 5.94. The van der Waals surface area contributed by atoms with Crippen molar-refractivity contribution in [3.63, 3.8) is 0 Å². The minimum absolute atomic E-state index is 0.378. The Kier molecular flexibility index (Phi) is 4.83. The molecule has 1 aromatic rings. The van der Waals surface area contributed by atoms with Crippen LogP contribution < -0.4 is 4.74 Å². The van der Waals surface area contributed by atoms with Gasteiger partial charge in [-0.1, -0.05) is 18.9 Å². The minimum Gasteiger partial charge on any atom is -0.494 e. The van der Waals surface area contributed by atoms with E-state index in [-0.39, 0.29) is 0 Å². The molecule has 108 valence electrons. The van der Waals surface area contributed by atoms with Crippen molar-refractivity contribution in [1.82, 2.24) is 0 Å². The molecule has 2 rings (SSSR count). The van der Waals surface area contributed by atoms with Crippen LogP contribution in [0.2, 0.25) is 0 Å². The molecule has 1 aliphatic rings. The van der Waals surface area contributed by atoms with Gasteiger partial charge in [0.05, 0.1) is 6.61 Å². The van der Waals surface area contributed by atoms with Crippen LogP contribution in [-0.2, 0) is 4.79 Å². The number of hydrogen-bond acceptors (Lipinski definition) is 2. The maximum atomic E-state index is 11.1. The van der Waals surface area contributed by atoms with Crippen LogP contribution >= 0.6 is 0 Å². The van der Waals surface area contributed by atoms with E-state index < -0.39 is 5.97 Å². The number of carbonyl (C=O) groups is 1. The first-order valence-electron chi connectivity index (χ1n) is 7.30. The van der Waals surface area contributed by atoms with Crippen LogP contribution in [-0.4, -0.2) is 17.7 Å². The van der Waals surface area contributed by atoms with Crippen LogP contribution in [0.3, 0.4) is 0 Å². The molecule has 1 aliphatic carbocycles. The zero-order chi connectivity index (χ0) is 14.5. The molecule has 0 aliphatic heterocycles. The first-order valence-corrected chi connectivity index (χ1v) is 7.30. The molecule has 1 saturated carbocycles. The monoisotopic (exact) mass is 274 g/mol. The molecule has 20 heavy (non-hydrogen) atoms. The summed E-state index contributed by atoms with van der Waals surface area (Å²) in [7, 11) is 0. The van der Waals surface area contributed by atoms with Crippen molar-refractivity contribution >= 4 is 11.5 Å². The Bertz CT molecular complexity index is 511. The molecular weight excluding hydrogens is 252 g/mol. The number of benzene rings is 1. The van der Waals surface area contributed by atoms with Crippen molar-refractivity contribution in [2.45, 2.75) is 39.5 Å². The fraction of sp³-hybridized carbons (Fsp3) is 0.471. The zero-order valence-electron chi connectivity index (χ0n) is 12.2. The summed E-state index contributed by atoms with van der Waals surface area (Å²) in [5, 5.41) is 9.11. The molecule has 0 radical (unpaired) electrons. The van der Waals surface area contributed by atoms with Gasteiger partial charge in [0, 0.05) is 6.08 Å². The van der Waals surface area contributed by atoms with Gasteiger partial charge >= 0.3 is 5.97 Å². The average molecular weight is 274 g/mol. The van der Waals surface area contributed by atoms with Gasteiger partial charge in [-0.3, -0.25) is 0 Å². The van der Waals surface area contributed by atoms with Crippen molar-refractivity contribution in [2.24, 2.45) is 5.92 Å². The number of ether oxygens (including phenoxy) is 1. The van der Waals surface area contributed by atoms with E-state index in [1.165, 1.54) is 18.9 Å². The van der Waals surface area contributed by atoms with Gasteiger partial charge in [0.15, 0.2) is 0 Å². The fourth-order valence-corrected chi connectivity index (χ4v) is 2.95. The molecule has 0 amide bonds. The van der Waals surface area contributed by atoms with E-state index in [2.05, 4.69) is 0 Å². The second-order valence-electron chi connectivity index (χ2n) is 5.33. The highest BCUT2D eigenvalue weighted by atomic mass is 16.5. The smallest absolute Gasteiger partial charge is 0.328 e. The van der Waals surface area contributed by atoms with Gasteiger partial charge in [0.2, 0.25) is 0 Å². The number of carboxylic acid groups (broad SMARTS) is 1. The Hall–Kier alpha value is -1.77. The van der Waals surface area contributed by atoms with E-state index in [0.717, 1.165) is 35.3 Å². The summed E-state index contributed by atoms with van der Waals surface area (Å²) in [6, 6.07) is 5.96. The molecule has 0 atom stereocenters. The third-order valence-electron chi connectivity index (χ3n) is 3.88. The summed E-state index contributed by atoms with van der Waals surface area (Å²) in [5.41, 5.74) is 3.03. The van der Waals surface area contributed by atoms with E-state index >= 15 is 0 Å². The van der Waals surface area contributed by atoms with E-state index in [4.69, 9.17) is 9.84 Å². The Morgan fingerprint density at radius 2 is 2.10 bits per heavy atom. The molecule has 1 N–H and O–H groups in total. The third kappa shape index (κ3) is 3.41. The van der Waals surface area contributed by atoms with Crippen molar-refractivity contribution in [1.29, 1.82) is 0 Å². The normalized spacial score (nSPS) is 16.4. The second kappa shape index (κ2) is 6.60. The van der Waals surface area contributed by atoms with Crippen LogP contribution in [0.4, 0.5) is 0 Å². The van der Waals surface area contributed by atoms with Gasteiger partial charge < -0.3 is 9.84 Å². The predicted molar refractivity (Wildman–Crippen MR) is 79.9 cm³/mol. The maximum Gasteiger partial charge on any atom is 0.328 e. The zero-order valence-corrected chi connectivity index (χ0v) is 12.2. The first-order chi connectivity index (χ1) is 9.61. The molecule has 0 aromatic heterocycles. The number of rotatable bonds is 5. The highest BCUT2D eigenvalue weighted by molar-refractivity contribution is 5.90. The second-order valence-corrected chi connectivity index (χ2v) is 5.33. The molecule has 0 spiro atoms. The molecule has 0 heterocycles. The number of hydrogen-bond donors (Lipinski definition) is 1. The van der Waals surface area contributed by atoms with Crippen molar-refractivity contribution in [2.75, 3.05) is 6.61 Å². The molecule has 1 aromatic carbocycles. The number of carboxylic acids is 1. The largest absolute Gasteiger partial charge is 0.494 e. The Balaban J connectivity index is 2.33. The minimum atomic E-state index is -0.863. The van der Waals surface area contributed by atoms with Crippen molar-refractivity contribution in [3.05, 3.63) is 35.4 Å². The molecule has 0 bridgehead atoms. The quantitative estimate of drug-likeness (QED) is 0.824. The Morgan fingerprint density at radius 1 is 1.40 bits per heavy atom. The van der Waals surface area contributed by atoms with E-state index in [0.29, 0.717) is 12.5 Å². The van der Waals surface area contributed by atoms with Crippen LogP contribution in [0.1, 0.15) is 43.7 Å². The van der Waals surface area contributed by atoms with Gasteiger partial charge in [-0.2, -0.15) is 0 Å². The molecule has 0 saturated heterocycles. The molecule has 3 nitrogen and oxygen atoms in total. The lowest BCUT2D eigenvalue weighted by Crippen LogP contribution is -2.03. The highest BCUT2D eigenvalue weighted by Crippen LogP contribution is 2.37. The third-order valence-corrected chi connectivity index (χ3v) is 3.88. The molecule has 0 unspecified atom stereocenters. The summed E-state index contributed by atoms with van der Waals surface area (Å²) in [4.78, 5) is 11.1. The maximum absolute atomic E-state index is 11.1. The average Bonchev–Trinajstić information content (AvgIpc) is 2.92. The summed E-state index contributed by atoms with van der Waals surface area (Å²) in [6.45, 7) is 4.60. The number of allylic oxidation sites excluding steroid dienone is 1. The van der Waals surface area contributed by atoms with Crippen molar-refractivity contribution < 1.29 is 14.6 Å². The van der Waals surface area contributed by atoms with Gasteiger partial charge in [-0.15, -0.1) is 0 Å². The standard InChI is InChI=1S/C17H22O3/c1-3-20-16-9-8-14(10-12(16)2)15(11-17(18)19)13-6-4-5-7-13/h8-11,13H,3-7H2,1-2H3,(H,18,19)/b15-11+. The van der Waals surface area contributed by atoms with Crippen molar-refractivity contribution in [3.8, 4) is 5.75 Å². The molecular formula is C17H22O3. The fourth-order valence-electron chi connectivity index (χ4n) is 2.95. The highest BCUT2D eigenvalue weighted by Gasteiger charge is 2.21. The number of aliphatic carboxylic acids is 1. The van der Waals surface area contributed by atoms with E-state index in [1.54, 1.807) is 0 Å². The SMILES string of the molecule is CCOc1ccc(/C(=C/C(=O)O)C2CCCC2)cc1C. The van der Waals surface area contributed by atoms with Crippen LogP contribution in [0.5, 0.6) is 5.75 Å². The lowest BCUT2D eigenvalue weighted by molar-refractivity contribution is -0.131. The van der Waals surface area contributed by atoms with E-state index in [9.17, 15) is 4.79 Å². The molecule has 1 fully saturated rings. The molecule has 3 heteroatoms. The van der Waals surface area contributed by atoms with Crippen LogP contribution in [0, 0.1) is 12.8 Å². The van der Waals surface area contributed by atoms with Crippen LogP contribution in [0.25, 0.3) is 5.57 Å². The Morgan fingerprint density at radius 3 is 2.65 bits per heavy atom. The van der Waals surface area contributed by atoms with Gasteiger partial charge in [-0.25, -0.2) is 4.79 Å². The lowest BCUT2D eigenvalue weighted by Gasteiger charge is -2.16. The van der Waals surface area contributed by atoms with Crippen LogP contribution in [0.15, 0.2) is 24.3 Å². The first kappa shape index (κ1) is 14.6. The van der Waals surface area contributed by atoms with Gasteiger partial charge in [0.1, 0.15) is 5.75 Å².